The maximum absolute atomic E-state index is 11.2. The molecule has 2 aromatic carbocycles. The fraction of sp³-hybridized carbons (Fsp3) is 0.143. The van der Waals surface area contributed by atoms with Gasteiger partial charge < -0.3 is 10.6 Å². The standard InChI is InChI=1S/C14H13N3O2/c15-12-6-3-7-13(14(12)17(18)19)16-8-10-4-1-2-5-11(10)9-16/h1-7H,8-9,15H2. The smallest absolute Gasteiger partial charge is 0.315 e. The van der Waals surface area contributed by atoms with E-state index in [2.05, 4.69) is 0 Å². The van der Waals surface area contributed by atoms with E-state index in [0.717, 1.165) is 0 Å². The van der Waals surface area contributed by atoms with Crippen molar-refractivity contribution in [2.75, 3.05) is 10.6 Å². The molecule has 2 N–H and O–H groups in total. The van der Waals surface area contributed by atoms with Crippen molar-refractivity contribution in [1.29, 1.82) is 0 Å². The third-order valence-corrected chi connectivity index (χ3v) is 3.41. The molecule has 0 aliphatic carbocycles. The van der Waals surface area contributed by atoms with Gasteiger partial charge in [0.2, 0.25) is 0 Å². The van der Waals surface area contributed by atoms with Crippen LogP contribution in [0.5, 0.6) is 0 Å². The van der Waals surface area contributed by atoms with Crippen molar-refractivity contribution < 1.29 is 4.92 Å². The highest BCUT2D eigenvalue weighted by Crippen LogP contribution is 2.37. The number of benzene rings is 2. The lowest BCUT2D eigenvalue weighted by molar-refractivity contribution is -0.383. The van der Waals surface area contributed by atoms with E-state index in [1.807, 2.05) is 29.2 Å². The minimum absolute atomic E-state index is 0.00435. The molecule has 2 aromatic rings. The Morgan fingerprint density at radius 3 is 2.26 bits per heavy atom. The third-order valence-electron chi connectivity index (χ3n) is 3.41. The maximum Gasteiger partial charge on any atom is 0.315 e. The lowest BCUT2D eigenvalue weighted by Gasteiger charge is -2.18. The highest BCUT2D eigenvalue weighted by molar-refractivity contribution is 5.76. The second kappa shape index (κ2) is 4.28. The van der Waals surface area contributed by atoms with Crippen LogP contribution in [0, 0.1) is 10.1 Å². The Kier molecular flexibility index (Phi) is 2.59. The summed E-state index contributed by atoms with van der Waals surface area (Å²) < 4.78 is 0. The predicted molar refractivity (Wildman–Crippen MR) is 73.8 cm³/mol. The van der Waals surface area contributed by atoms with Crippen LogP contribution in [0.4, 0.5) is 17.1 Å². The topological polar surface area (TPSA) is 72.4 Å². The summed E-state index contributed by atoms with van der Waals surface area (Å²) in [5.41, 5.74) is 8.93. The van der Waals surface area contributed by atoms with Crippen molar-refractivity contribution in [2.45, 2.75) is 13.1 Å². The minimum Gasteiger partial charge on any atom is -0.393 e. The van der Waals surface area contributed by atoms with Crippen LogP contribution >= 0.6 is 0 Å². The van der Waals surface area contributed by atoms with Gasteiger partial charge in [0.25, 0.3) is 0 Å². The monoisotopic (exact) mass is 255 g/mol. The average Bonchev–Trinajstić information content (AvgIpc) is 2.81. The quantitative estimate of drug-likeness (QED) is 0.508. The third kappa shape index (κ3) is 1.89. The van der Waals surface area contributed by atoms with E-state index in [-0.39, 0.29) is 11.4 Å². The summed E-state index contributed by atoms with van der Waals surface area (Å²) in [6.07, 6.45) is 0. The zero-order valence-corrected chi connectivity index (χ0v) is 10.2. The zero-order chi connectivity index (χ0) is 13.4. The van der Waals surface area contributed by atoms with Crippen molar-refractivity contribution in [3.05, 3.63) is 63.7 Å². The van der Waals surface area contributed by atoms with Crippen molar-refractivity contribution >= 4 is 17.1 Å². The molecule has 0 saturated carbocycles. The van der Waals surface area contributed by atoms with Gasteiger partial charge in [-0.2, -0.15) is 0 Å². The van der Waals surface area contributed by atoms with Gasteiger partial charge in [-0.25, -0.2) is 0 Å². The molecule has 0 aromatic heterocycles. The first-order valence-electron chi connectivity index (χ1n) is 6.01. The largest absolute Gasteiger partial charge is 0.393 e. The molecule has 0 spiro atoms. The SMILES string of the molecule is Nc1cccc(N2Cc3ccccc3C2)c1[N+](=O)[O-]. The molecule has 0 fully saturated rings. The summed E-state index contributed by atoms with van der Waals surface area (Å²) in [5, 5.41) is 11.2. The second-order valence-corrected chi connectivity index (χ2v) is 4.60. The van der Waals surface area contributed by atoms with Gasteiger partial charge in [-0.1, -0.05) is 30.3 Å². The number of para-hydroxylation sites is 1. The Morgan fingerprint density at radius 1 is 1.05 bits per heavy atom. The molecule has 5 heteroatoms. The van der Waals surface area contributed by atoms with Crippen LogP contribution in [0.15, 0.2) is 42.5 Å². The van der Waals surface area contributed by atoms with Gasteiger partial charge in [0.05, 0.1) is 4.92 Å². The fourth-order valence-electron chi connectivity index (χ4n) is 2.51. The lowest BCUT2D eigenvalue weighted by atomic mass is 10.1. The first-order chi connectivity index (χ1) is 9.16. The van der Waals surface area contributed by atoms with Crippen molar-refractivity contribution in [3.8, 4) is 0 Å². The van der Waals surface area contributed by atoms with E-state index in [0.29, 0.717) is 18.8 Å². The molecule has 0 atom stereocenters. The van der Waals surface area contributed by atoms with E-state index >= 15 is 0 Å². The molecule has 1 aliphatic rings. The van der Waals surface area contributed by atoms with Gasteiger partial charge in [-0.05, 0) is 23.3 Å². The van der Waals surface area contributed by atoms with Gasteiger partial charge in [-0.3, -0.25) is 10.1 Å². The summed E-state index contributed by atoms with van der Waals surface area (Å²) >= 11 is 0. The van der Waals surface area contributed by atoms with Crippen molar-refractivity contribution in [3.63, 3.8) is 0 Å². The molecular formula is C14H13N3O2. The second-order valence-electron chi connectivity index (χ2n) is 4.60. The van der Waals surface area contributed by atoms with Gasteiger partial charge >= 0.3 is 5.69 Å². The van der Waals surface area contributed by atoms with Crippen molar-refractivity contribution in [2.24, 2.45) is 0 Å². The molecule has 1 aliphatic heterocycles. The highest BCUT2D eigenvalue weighted by atomic mass is 16.6. The van der Waals surface area contributed by atoms with E-state index in [1.165, 1.54) is 11.1 Å². The molecule has 0 saturated heterocycles. The number of nitrogens with two attached hydrogens (primary N) is 1. The number of rotatable bonds is 2. The Balaban J connectivity index is 2.02. The van der Waals surface area contributed by atoms with E-state index in [9.17, 15) is 10.1 Å². The molecule has 0 unspecified atom stereocenters. The Morgan fingerprint density at radius 2 is 1.68 bits per heavy atom. The average molecular weight is 255 g/mol. The number of nitro groups is 1. The van der Waals surface area contributed by atoms with Crippen LogP contribution in [0.25, 0.3) is 0 Å². The summed E-state index contributed by atoms with van der Waals surface area (Å²) in [6, 6.07) is 13.1. The lowest BCUT2D eigenvalue weighted by Crippen LogP contribution is -2.16. The molecule has 0 radical (unpaired) electrons. The van der Waals surface area contributed by atoms with Crippen LogP contribution in [-0.2, 0) is 13.1 Å². The Labute approximate surface area is 110 Å². The first-order valence-corrected chi connectivity index (χ1v) is 6.01. The predicted octanol–water partition coefficient (Wildman–Crippen LogP) is 2.70. The number of hydrogen-bond donors (Lipinski definition) is 1. The molecule has 1 heterocycles. The summed E-state index contributed by atoms with van der Waals surface area (Å²) in [4.78, 5) is 12.7. The molecular weight excluding hydrogens is 242 g/mol. The van der Waals surface area contributed by atoms with E-state index < -0.39 is 4.92 Å². The molecule has 0 amide bonds. The number of hydrogen-bond acceptors (Lipinski definition) is 4. The van der Waals surface area contributed by atoms with Crippen LogP contribution in [-0.4, -0.2) is 4.92 Å². The van der Waals surface area contributed by atoms with Gasteiger partial charge in [-0.15, -0.1) is 0 Å². The fourth-order valence-corrected chi connectivity index (χ4v) is 2.51. The molecule has 3 rings (SSSR count). The molecule has 5 nitrogen and oxygen atoms in total. The molecule has 0 bridgehead atoms. The first kappa shape index (κ1) is 11.5. The summed E-state index contributed by atoms with van der Waals surface area (Å²) in [6.45, 7) is 1.36. The summed E-state index contributed by atoms with van der Waals surface area (Å²) in [7, 11) is 0. The van der Waals surface area contributed by atoms with Gasteiger partial charge in [0, 0.05) is 13.1 Å². The van der Waals surface area contributed by atoms with Crippen LogP contribution < -0.4 is 10.6 Å². The van der Waals surface area contributed by atoms with E-state index in [4.69, 9.17) is 5.73 Å². The van der Waals surface area contributed by atoms with Gasteiger partial charge in [0.1, 0.15) is 11.4 Å². The molecule has 19 heavy (non-hydrogen) atoms. The maximum atomic E-state index is 11.2. The number of nitro benzene ring substituents is 1. The van der Waals surface area contributed by atoms with Crippen molar-refractivity contribution in [1.82, 2.24) is 0 Å². The molecule has 96 valence electrons. The summed E-state index contributed by atoms with van der Waals surface area (Å²) in [5.74, 6) is 0. The normalized spacial score (nSPS) is 13.4. The number of anilines is 2. The van der Waals surface area contributed by atoms with Crippen LogP contribution in [0.2, 0.25) is 0 Å². The highest BCUT2D eigenvalue weighted by Gasteiger charge is 2.26. The van der Waals surface area contributed by atoms with Crippen LogP contribution in [0.1, 0.15) is 11.1 Å². The van der Waals surface area contributed by atoms with Crippen LogP contribution in [0.3, 0.4) is 0 Å². The minimum atomic E-state index is -0.409. The van der Waals surface area contributed by atoms with E-state index in [1.54, 1.807) is 18.2 Å². The number of fused-ring (bicyclic) bond motifs is 1. The number of nitrogen functional groups attached to an aromatic ring is 1. The van der Waals surface area contributed by atoms with Gasteiger partial charge in [0.15, 0.2) is 0 Å². The Hall–Kier alpha value is -2.56. The number of nitrogens with zero attached hydrogens (tertiary/aromatic N) is 2. The Bertz CT molecular complexity index is 630. The zero-order valence-electron chi connectivity index (χ0n) is 10.2.